The fourth-order valence-corrected chi connectivity index (χ4v) is 2.24. The number of aliphatic hydroxyl groups is 2. The Hall–Kier alpha value is -0.120. The molecule has 0 saturated heterocycles. The molecule has 1 fully saturated rings. The van der Waals surface area contributed by atoms with E-state index >= 15 is 0 Å². The Bertz CT molecular complexity index is 180. The van der Waals surface area contributed by atoms with Gasteiger partial charge in [-0.15, -0.1) is 0 Å². The van der Waals surface area contributed by atoms with Crippen molar-refractivity contribution in [1.29, 1.82) is 0 Å². The summed E-state index contributed by atoms with van der Waals surface area (Å²) >= 11 is 0. The van der Waals surface area contributed by atoms with Crippen molar-refractivity contribution < 1.29 is 10.2 Å². The first kappa shape index (κ1) is 12.9. The minimum atomic E-state index is -0.517. The summed E-state index contributed by atoms with van der Waals surface area (Å²) in [6, 6.07) is 0. The molecule has 3 heteroatoms. The first-order valence-electron chi connectivity index (χ1n) is 6.08. The van der Waals surface area contributed by atoms with Crippen LogP contribution in [0.2, 0.25) is 0 Å². The predicted molar refractivity (Wildman–Crippen MR) is 61.7 cm³/mol. The van der Waals surface area contributed by atoms with Crippen LogP contribution in [0.4, 0.5) is 0 Å². The average Bonchev–Trinajstić information content (AvgIpc) is 2.28. The van der Waals surface area contributed by atoms with Crippen molar-refractivity contribution in [2.75, 3.05) is 19.8 Å². The molecule has 1 aliphatic rings. The maximum absolute atomic E-state index is 9.16. The molecule has 0 spiro atoms. The van der Waals surface area contributed by atoms with Crippen molar-refractivity contribution in [3.63, 3.8) is 0 Å². The lowest BCUT2D eigenvalue weighted by Crippen LogP contribution is -2.51. The van der Waals surface area contributed by atoms with Crippen molar-refractivity contribution in [3.8, 4) is 0 Å². The zero-order chi connectivity index (χ0) is 11.3. The highest BCUT2D eigenvalue weighted by molar-refractivity contribution is 4.84. The molecule has 1 rings (SSSR count). The molecule has 3 nitrogen and oxygen atoms in total. The molecule has 0 aliphatic heterocycles. The maximum Gasteiger partial charge on any atom is 0.0633 e. The van der Waals surface area contributed by atoms with Gasteiger partial charge >= 0.3 is 0 Å². The van der Waals surface area contributed by atoms with Gasteiger partial charge in [-0.1, -0.05) is 26.2 Å². The molecule has 90 valence electrons. The lowest BCUT2D eigenvalue weighted by molar-refractivity contribution is 0.0937. The molecular weight excluding hydrogens is 190 g/mol. The summed E-state index contributed by atoms with van der Waals surface area (Å²) in [4.78, 5) is 0. The Morgan fingerprint density at radius 2 is 1.80 bits per heavy atom. The van der Waals surface area contributed by atoms with E-state index in [1.165, 1.54) is 25.7 Å². The molecule has 2 unspecified atom stereocenters. The van der Waals surface area contributed by atoms with Gasteiger partial charge in [-0.2, -0.15) is 0 Å². The van der Waals surface area contributed by atoms with Crippen molar-refractivity contribution in [2.24, 2.45) is 11.8 Å². The third-order valence-electron chi connectivity index (χ3n) is 3.78. The molecule has 3 N–H and O–H groups in total. The fourth-order valence-electron chi connectivity index (χ4n) is 2.24. The average molecular weight is 215 g/mol. The van der Waals surface area contributed by atoms with Crippen LogP contribution in [0.1, 0.15) is 39.5 Å². The Balaban J connectivity index is 2.34. The Morgan fingerprint density at radius 3 is 2.33 bits per heavy atom. The van der Waals surface area contributed by atoms with Gasteiger partial charge in [0.15, 0.2) is 0 Å². The molecule has 0 amide bonds. The van der Waals surface area contributed by atoms with E-state index < -0.39 is 5.54 Å². The van der Waals surface area contributed by atoms with Crippen LogP contribution < -0.4 is 5.32 Å². The van der Waals surface area contributed by atoms with Crippen molar-refractivity contribution in [3.05, 3.63) is 0 Å². The number of hydrogen-bond donors (Lipinski definition) is 3. The van der Waals surface area contributed by atoms with Gasteiger partial charge in [0.05, 0.1) is 18.8 Å². The summed E-state index contributed by atoms with van der Waals surface area (Å²) in [5.41, 5.74) is -0.517. The highest BCUT2D eigenvalue weighted by Crippen LogP contribution is 2.29. The highest BCUT2D eigenvalue weighted by atomic mass is 16.3. The summed E-state index contributed by atoms with van der Waals surface area (Å²) in [5.74, 6) is 1.48. The minimum Gasteiger partial charge on any atom is -0.394 e. The van der Waals surface area contributed by atoms with E-state index in [0.717, 1.165) is 12.5 Å². The van der Waals surface area contributed by atoms with Gasteiger partial charge in [-0.05, 0) is 31.7 Å². The van der Waals surface area contributed by atoms with Crippen LogP contribution >= 0.6 is 0 Å². The summed E-state index contributed by atoms with van der Waals surface area (Å²) in [7, 11) is 0. The van der Waals surface area contributed by atoms with E-state index in [1.54, 1.807) is 0 Å². The largest absolute Gasteiger partial charge is 0.394 e. The number of rotatable bonds is 5. The molecular formula is C12H25NO2. The minimum absolute atomic E-state index is 0.00932. The van der Waals surface area contributed by atoms with Crippen LogP contribution in [0.3, 0.4) is 0 Å². The maximum atomic E-state index is 9.16. The standard InChI is InChI=1S/C12H25NO2/c1-10-5-3-4-6-11(10)7-13-12(2,8-14)9-15/h10-11,13-15H,3-9H2,1-2H3. The molecule has 1 saturated carbocycles. The molecule has 1 aliphatic carbocycles. The van der Waals surface area contributed by atoms with Crippen LogP contribution in [-0.2, 0) is 0 Å². The molecule has 0 radical (unpaired) electrons. The smallest absolute Gasteiger partial charge is 0.0633 e. The Labute approximate surface area is 92.9 Å². The van der Waals surface area contributed by atoms with E-state index in [9.17, 15) is 0 Å². The van der Waals surface area contributed by atoms with Crippen molar-refractivity contribution in [2.45, 2.75) is 45.1 Å². The predicted octanol–water partition coefficient (Wildman–Crippen LogP) is 1.15. The summed E-state index contributed by atoms with van der Waals surface area (Å²) in [6.45, 7) is 5.06. The van der Waals surface area contributed by atoms with E-state index in [2.05, 4.69) is 12.2 Å². The first-order valence-corrected chi connectivity index (χ1v) is 6.08. The van der Waals surface area contributed by atoms with E-state index in [1.807, 2.05) is 6.92 Å². The van der Waals surface area contributed by atoms with Crippen LogP contribution in [-0.4, -0.2) is 35.5 Å². The second-order valence-corrected chi connectivity index (χ2v) is 5.28. The Kier molecular flexibility index (Phi) is 5.03. The number of aliphatic hydroxyl groups excluding tert-OH is 2. The van der Waals surface area contributed by atoms with Crippen LogP contribution in [0.5, 0.6) is 0 Å². The molecule has 0 bridgehead atoms. The van der Waals surface area contributed by atoms with Gasteiger partial charge in [-0.3, -0.25) is 0 Å². The monoisotopic (exact) mass is 215 g/mol. The van der Waals surface area contributed by atoms with Gasteiger partial charge in [-0.25, -0.2) is 0 Å². The van der Waals surface area contributed by atoms with E-state index in [0.29, 0.717) is 5.92 Å². The van der Waals surface area contributed by atoms with Crippen molar-refractivity contribution >= 4 is 0 Å². The molecule has 0 aromatic carbocycles. The number of hydrogen-bond acceptors (Lipinski definition) is 3. The number of nitrogens with one attached hydrogen (secondary N) is 1. The normalized spacial score (nSPS) is 28.0. The SMILES string of the molecule is CC1CCCCC1CNC(C)(CO)CO. The quantitative estimate of drug-likeness (QED) is 0.645. The van der Waals surface area contributed by atoms with Gasteiger partial charge < -0.3 is 15.5 Å². The third-order valence-corrected chi connectivity index (χ3v) is 3.78. The van der Waals surface area contributed by atoms with Gasteiger partial charge in [0.2, 0.25) is 0 Å². The Morgan fingerprint density at radius 1 is 1.20 bits per heavy atom. The van der Waals surface area contributed by atoms with Crippen LogP contribution in [0.25, 0.3) is 0 Å². The molecule has 2 atom stereocenters. The lowest BCUT2D eigenvalue weighted by Gasteiger charge is -2.33. The fraction of sp³-hybridized carbons (Fsp3) is 1.00. The molecule has 0 aromatic heterocycles. The zero-order valence-corrected chi connectivity index (χ0v) is 10.00. The third kappa shape index (κ3) is 3.74. The van der Waals surface area contributed by atoms with Gasteiger partial charge in [0.1, 0.15) is 0 Å². The van der Waals surface area contributed by atoms with Crippen molar-refractivity contribution in [1.82, 2.24) is 5.32 Å². The van der Waals surface area contributed by atoms with Gasteiger partial charge in [0, 0.05) is 0 Å². The highest BCUT2D eigenvalue weighted by Gasteiger charge is 2.26. The topological polar surface area (TPSA) is 52.5 Å². The lowest BCUT2D eigenvalue weighted by atomic mass is 9.80. The second-order valence-electron chi connectivity index (χ2n) is 5.28. The zero-order valence-electron chi connectivity index (χ0n) is 10.00. The summed E-state index contributed by atoms with van der Waals surface area (Å²) in [6.07, 6.45) is 5.28. The molecule has 0 aromatic rings. The second kappa shape index (κ2) is 5.83. The van der Waals surface area contributed by atoms with Crippen LogP contribution in [0, 0.1) is 11.8 Å². The molecule has 15 heavy (non-hydrogen) atoms. The molecule has 0 heterocycles. The summed E-state index contributed by atoms with van der Waals surface area (Å²) in [5, 5.41) is 21.6. The van der Waals surface area contributed by atoms with E-state index in [-0.39, 0.29) is 13.2 Å². The van der Waals surface area contributed by atoms with Crippen LogP contribution in [0.15, 0.2) is 0 Å². The summed E-state index contributed by atoms with van der Waals surface area (Å²) < 4.78 is 0. The van der Waals surface area contributed by atoms with E-state index in [4.69, 9.17) is 10.2 Å². The van der Waals surface area contributed by atoms with Gasteiger partial charge in [0.25, 0.3) is 0 Å². The first-order chi connectivity index (χ1) is 7.11.